The normalized spacial score (nSPS) is 25.1. The number of carbonyl (C=O) groups is 1. The van der Waals surface area contributed by atoms with E-state index in [-0.39, 0.29) is 24.4 Å². The molecule has 16 heavy (non-hydrogen) atoms. The van der Waals surface area contributed by atoms with E-state index in [1.165, 1.54) is 0 Å². The Balaban J connectivity index is 0.00000128. The van der Waals surface area contributed by atoms with Crippen molar-refractivity contribution in [2.24, 2.45) is 15.7 Å². The van der Waals surface area contributed by atoms with E-state index in [1.54, 1.807) is 6.92 Å². The van der Waals surface area contributed by atoms with Crippen LogP contribution >= 0.6 is 12.4 Å². The molecule has 0 aliphatic carbocycles. The lowest BCUT2D eigenvalue weighted by molar-refractivity contribution is -0.114. The summed E-state index contributed by atoms with van der Waals surface area (Å²) in [5.74, 6) is 0.191. The van der Waals surface area contributed by atoms with Gasteiger partial charge in [0.25, 0.3) is 5.91 Å². The average Bonchev–Trinajstić information content (AvgIpc) is 2.60. The molecule has 0 radical (unpaired) electrons. The summed E-state index contributed by atoms with van der Waals surface area (Å²) in [5.41, 5.74) is 6.80. The summed E-state index contributed by atoms with van der Waals surface area (Å²) in [6, 6.07) is 0.156. The molecule has 0 aromatic heterocycles. The molecule has 6 heteroatoms. The lowest BCUT2D eigenvalue weighted by Crippen LogP contribution is -2.34. The molecule has 5 nitrogen and oxygen atoms in total. The molecule has 2 heterocycles. The molecule has 1 saturated heterocycles. The molecule has 88 valence electrons. The van der Waals surface area contributed by atoms with Gasteiger partial charge in [0, 0.05) is 19.1 Å². The van der Waals surface area contributed by atoms with E-state index < -0.39 is 0 Å². The van der Waals surface area contributed by atoms with Crippen LogP contribution in [0.15, 0.2) is 22.1 Å². The highest BCUT2D eigenvalue weighted by Gasteiger charge is 2.26. The van der Waals surface area contributed by atoms with Crippen molar-refractivity contribution in [3.8, 4) is 0 Å². The van der Waals surface area contributed by atoms with E-state index in [4.69, 9.17) is 5.73 Å². The van der Waals surface area contributed by atoms with Gasteiger partial charge in [0.05, 0.1) is 11.3 Å². The molecular formula is C10H15ClN4O. The van der Waals surface area contributed by atoms with E-state index in [0.717, 1.165) is 19.5 Å². The predicted octanol–water partition coefficient (Wildman–Crippen LogP) is 0.355. The second kappa shape index (κ2) is 4.76. The maximum atomic E-state index is 11.4. The van der Waals surface area contributed by atoms with Gasteiger partial charge in [-0.2, -0.15) is 4.99 Å². The summed E-state index contributed by atoms with van der Waals surface area (Å²) in [6.07, 6.45) is 0.919. The van der Waals surface area contributed by atoms with Crippen molar-refractivity contribution in [2.75, 3.05) is 13.1 Å². The van der Waals surface area contributed by atoms with Gasteiger partial charge >= 0.3 is 0 Å². The summed E-state index contributed by atoms with van der Waals surface area (Å²) >= 11 is 0. The fourth-order valence-corrected chi connectivity index (χ4v) is 1.67. The maximum absolute atomic E-state index is 11.4. The summed E-state index contributed by atoms with van der Waals surface area (Å²) in [6.45, 7) is 6.92. The van der Waals surface area contributed by atoms with Crippen LogP contribution in [0.1, 0.15) is 13.3 Å². The van der Waals surface area contributed by atoms with Gasteiger partial charge in [-0.05, 0) is 13.3 Å². The van der Waals surface area contributed by atoms with Crippen LogP contribution in [0.2, 0.25) is 0 Å². The van der Waals surface area contributed by atoms with Gasteiger partial charge in [0.1, 0.15) is 0 Å². The van der Waals surface area contributed by atoms with Gasteiger partial charge in [-0.15, -0.1) is 12.4 Å². The number of likely N-dealkylation sites (tertiary alicyclic amines) is 1. The van der Waals surface area contributed by atoms with Gasteiger partial charge in [0.2, 0.25) is 5.96 Å². The van der Waals surface area contributed by atoms with Gasteiger partial charge < -0.3 is 10.6 Å². The monoisotopic (exact) mass is 242 g/mol. The van der Waals surface area contributed by atoms with E-state index in [0.29, 0.717) is 17.2 Å². The zero-order chi connectivity index (χ0) is 11.0. The van der Waals surface area contributed by atoms with E-state index in [9.17, 15) is 4.79 Å². The van der Waals surface area contributed by atoms with Crippen molar-refractivity contribution >= 4 is 30.0 Å². The second-order valence-corrected chi connectivity index (χ2v) is 3.89. The Kier molecular flexibility index (Phi) is 3.83. The summed E-state index contributed by atoms with van der Waals surface area (Å²) < 4.78 is 0. The van der Waals surface area contributed by atoms with Crippen LogP contribution in [0.4, 0.5) is 0 Å². The van der Waals surface area contributed by atoms with Gasteiger partial charge in [0.15, 0.2) is 0 Å². The molecule has 1 atom stereocenters. The maximum Gasteiger partial charge on any atom is 0.281 e. The number of nitrogens with zero attached hydrogens (tertiary/aromatic N) is 3. The molecule has 0 aromatic rings. The Labute approximate surface area is 101 Å². The highest BCUT2D eigenvalue weighted by atomic mass is 35.5. The van der Waals surface area contributed by atoms with Crippen molar-refractivity contribution in [2.45, 2.75) is 19.4 Å². The number of hydrogen-bond acceptors (Lipinski definition) is 4. The van der Waals surface area contributed by atoms with Gasteiger partial charge in [-0.25, -0.2) is 4.99 Å². The molecule has 1 fully saturated rings. The first-order chi connectivity index (χ1) is 7.08. The lowest BCUT2D eigenvalue weighted by atomic mass is 10.2. The first-order valence-electron chi connectivity index (χ1n) is 4.96. The Morgan fingerprint density at radius 1 is 1.50 bits per heavy atom. The van der Waals surface area contributed by atoms with E-state index >= 15 is 0 Å². The second-order valence-electron chi connectivity index (χ2n) is 3.89. The van der Waals surface area contributed by atoms with Crippen molar-refractivity contribution < 1.29 is 4.79 Å². The largest absolute Gasteiger partial charge is 0.339 e. The molecule has 0 spiro atoms. The van der Waals surface area contributed by atoms with Crippen LogP contribution < -0.4 is 5.73 Å². The highest BCUT2D eigenvalue weighted by molar-refractivity contribution is 6.27. The van der Waals surface area contributed by atoms with E-state index in [2.05, 4.69) is 16.6 Å². The molecule has 2 aliphatic heterocycles. The first-order valence-corrected chi connectivity index (χ1v) is 4.96. The van der Waals surface area contributed by atoms with Crippen LogP contribution in [0.5, 0.6) is 0 Å². The lowest BCUT2D eigenvalue weighted by Gasteiger charge is -2.19. The third kappa shape index (κ3) is 2.31. The first kappa shape index (κ1) is 12.9. The number of carbonyl (C=O) groups excluding carboxylic acids is 1. The Morgan fingerprint density at radius 2 is 2.19 bits per heavy atom. The number of amides is 1. The topological polar surface area (TPSA) is 71.0 Å². The number of hydrogen-bond donors (Lipinski definition) is 1. The molecule has 2 N–H and O–H groups in total. The van der Waals surface area contributed by atoms with E-state index in [1.807, 2.05) is 4.90 Å². The minimum absolute atomic E-state index is 0. The number of rotatable bonds is 0. The minimum Gasteiger partial charge on any atom is -0.339 e. The van der Waals surface area contributed by atoms with Crippen molar-refractivity contribution in [1.29, 1.82) is 0 Å². The highest BCUT2D eigenvalue weighted by Crippen LogP contribution is 2.13. The fraction of sp³-hybridized carbons (Fsp3) is 0.500. The quantitative estimate of drug-likeness (QED) is 0.624. The Bertz CT molecular complexity index is 388. The molecule has 1 amide bonds. The Morgan fingerprint density at radius 3 is 2.69 bits per heavy atom. The molecule has 2 rings (SSSR count). The van der Waals surface area contributed by atoms with Gasteiger partial charge in [-0.1, -0.05) is 6.58 Å². The van der Waals surface area contributed by atoms with Crippen LogP contribution in [-0.4, -0.2) is 41.6 Å². The van der Waals surface area contributed by atoms with Crippen molar-refractivity contribution in [1.82, 2.24) is 4.90 Å². The zero-order valence-corrected chi connectivity index (χ0v) is 9.96. The average molecular weight is 243 g/mol. The zero-order valence-electron chi connectivity index (χ0n) is 9.14. The molecular weight excluding hydrogens is 228 g/mol. The van der Waals surface area contributed by atoms with Crippen LogP contribution in [-0.2, 0) is 4.79 Å². The molecule has 0 aromatic carbocycles. The van der Waals surface area contributed by atoms with Crippen molar-refractivity contribution in [3.05, 3.63) is 12.2 Å². The predicted molar refractivity (Wildman–Crippen MR) is 66.1 cm³/mol. The summed E-state index contributed by atoms with van der Waals surface area (Å²) in [4.78, 5) is 21.5. The standard InChI is InChI=1S/C10H14N4O.ClH/c1-6-7(2)12-10(13-9(6)15)14-4-3-8(11)5-14;/h8H,1,3-5,11H2,2H3;1H. The van der Waals surface area contributed by atoms with Crippen LogP contribution in [0.3, 0.4) is 0 Å². The molecule has 0 saturated carbocycles. The van der Waals surface area contributed by atoms with Crippen LogP contribution in [0.25, 0.3) is 0 Å². The van der Waals surface area contributed by atoms with Gasteiger partial charge in [-0.3, -0.25) is 4.79 Å². The smallest absolute Gasteiger partial charge is 0.281 e. The SMILES string of the molecule is C=C1C(=O)N=C(N2CCC(N)C2)N=C1C.Cl. The Hall–Kier alpha value is -1.20. The molecule has 1 unspecified atom stereocenters. The van der Waals surface area contributed by atoms with Crippen molar-refractivity contribution in [3.63, 3.8) is 0 Å². The molecule has 2 aliphatic rings. The minimum atomic E-state index is -0.294. The number of halogens is 1. The number of aliphatic imine (C=N–C) groups is 2. The molecule has 0 bridgehead atoms. The number of nitrogens with two attached hydrogens (primary N) is 1. The fourth-order valence-electron chi connectivity index (χ4n) is 1.67. The number of guanidine groups is 1. The third-order valence-electron chi connectivity index (χ3n) is 2.67. The summed E-state index contributed by atoms with van der Waals surface area (Å²) in [5, 5.41) is 0. The summed E-state index contributed by atoms with van der Waals surface area (Å²) in [7, 11) is 0. The third-order valence-corrected chi connectivity index (χ3v) is 2.67. The van der Waals surface area contributed by atoms with Crippen LogP contribution in [0, 0.1) is 0 Å².